The Morgan fingerprint density at radius 3 is 2.61 bits per heavy atom. The molecule has 1 atom stereocenters. The van der Waals surface area contributed by atoms with Crippen LogP contribution in [0.4, 0.5) is 5.00 Å². The minimum Gasteiger partial charge on any atom is -0.317 e. The van der Waals surface area contributed by atoms with Crippen LogP contribution < -0.4 is 10.6 Å². The number of fused-ring (bicyclic) bond motifs is 1. The minimum atomic E-state index is -1.42. The van der Waals surface area contributed by atoms with E-state index < -0.39 is 29.2 Å². The third-order valence-corrected chi connectivity index (χ3v) is 4.90. The Morgan fingerprint density at radius 1 is 1.30 bits per heavy atom. The molecular weight excluding hydrogens is 322 g/mol. The highest BCUT2D eigenvalue weighted by Crippen LogP contribution is 2.40. The molecule has 23 heavy (non-hydrogen) atoms. The van der Waals surface area contributed by atoms with Gasteiger partial charge in [0.25, 0.3) is 17.7 Å². The Morgan fingerprint density at radius 2 is 2.00 bits per heavy atom. The maximum absolute atomic E-state index is 12.7. The SMILES string of the molecule is CC(=O)Nc1scc2c1C(=O)N([C@@]1(C)CCC(=O)NC1=O)C2=O. The van der Waals surface area contributed by atoms with Crippen LogP contribution >= 0.6 is 11.3 Å². The van der Waals surface area contributed by atoms with Gasteiger partial charge >= 0.3 is 0 Å². The number of rotatable bonds is 2. The zero-order valence-electron chi connectivity index (χ0n) is 12.4. The number of nitrogens with zero attached hydrogens (tertiary/aromatic N) is 1. The molecule has 2 aliphatic rings. The lowest BCUT2D eigenvalue weighted by Gasteiger charge is -2.38. The summed E-state index contributed by atoms with van der Waals surface area (Å²) in [5.41, 5.74) is -1.16. The topological polar surface area (TPSA) is 113 Å². The number of thiophene rings is 1. The molecule has 2 N–H and O–H groups in total. The molecule has 0 radical (unpaired) electrons. The van der Waals surface area contributed by atoms with Crippen LogP contribution in [0.5, 0.6) is 0 Å². The Labute approximate surface area is 134 Å². The van der Waals surface area contributed by atoms with E-state index in [0.29, 0.717) is 0 Å². The third-order valence-electron chi connectivity index (χ3n) is 4.01. The Bertz CT molecular complexity index is 783. The largest absolute Gasteiger partial charge is 0.317 e. The Kier molecular flexibility index (Phi) is 3.33. The van der Waals surface area contributed by atoms with Crippen molar-refractivity contribution < 1.29 is 24.0 Å². The number of hydrogen-bond donors (Lipinski definition) is 2. The van der Waals surface area contributed by atoms with Crippen molar-refractivity contribution >= 4 is 45.9 Å². The molecule has 0 unspecified atom stereocenters. The first-order valence-corrected chi connectivity index (χ1v) is 7.76. The van der Waals surface area contributed by atoms with E-state index in [1.807, 2.05) is 0 Å². The highest BCUT2D eigenvalue weighted by molar-refractivity contribution is 7.15. The predicted octanol–water partition coefficient (Wildman–Crippen LogP) is 0.498. The summed E-state index contributed by atoms with van der Waals surface area (Å²) >= 11 is 1.08. The van der Waals surface area contributed by atoms with Crippen LogP contribution in [0.25, 0.3) is 0 Å². The standard InChI is InChI=1S/C14H13N3O5S/c1-6(18)15-10-9-7(5-23-10)11(20)17(12(9)21)14(2)4-3-8(19)16-13(14)22/h5H,3-4H2,1-2H3,(H,15,18)(H,16,19,22)/t14-/m0/s1. The second-order valence-corrected chi connectivity index (χ2v) is 6.51. The monoisotopic (exact) mass is 335 g/mol. The van der Waals surface area contributed by atoms with E-state index in [4.69, 9.17) is 0 Å². The number of imide groups is 2. The first-order chi connectivity index (χ1) is 10.8. The predicted molar refractivity (Wildman–Crippen MR) is 79.9 cm³/mol. The van der Waals surface area contributed by atoms with E-state index in [9.17, 15) is 24.0 Å². The molecule has 3 heterocycles. The number of carbonyl (C=O) groups excluding carboxylic acids is 5. The molecule has 2 aliphatic heterocycles. The maximum Gasteiger partial charge on any atom is 0.265 e. The number of anilines is 1. The summed E-state index contributed by atoms with van der Waals surface area (Å²) in [7, 11) is 0. The number of hydrogen-bond acceptors (Lipinski definition) is 6. The zero-order chi connectivity index (χ0) is 16.9. The number of piperidine rings is 1. The number of amides is 5. The van der Waals surface area contributed by atoms with Gasteiger partial charge in [-0.25, -0.2) is 0 Å². The molecule has 1 saturated heterocycles. The molecule has 1 aromatic rings. The van der Waals surface area contributed by atoms with Gasteiger partial charge in [-0.15, -0.1) is 11.3 Å². The average molecular weight is 335 g/mol. The van der Waals surface area contributed by atoms with Crippen molar-refractivity contribution in [2.45, 2.75) is 32.2 Å². The zero-order valence-corrected chi connectivity index (χ0v) is 13.2. The van der Waals surface area contributed by atoms with Gasteiger partial charge in [0.1, 0.15) is 10.5 Å². The first-order valence-electron chi connectivity index (χ1n) is 6.88. The van der Waals surface area contributed by atoms with Crippen LogP contribution in [-0.4, -0.2) is 40.0 Å². The van der Waals surface area contributed by atoms with Crippen LogP contribution in [0, 0.1) is 0 Å². The van der Waals surface area contributed by atoms with Gasteiger partial charge < -0.3 is 5.32 Å². The fourth-order valence-electron chi connectivity index (χ4n) is 2.76. The van der Waals surface area contributed by atoms with Crippen molar-refractivity contribution in [2.24, 2.45) is 0 Å². The van der Waals surface area contributed by atoms with E-state index in [2.05, 4.69) is 10.6 Å². The van der Waals surface area contributed by atoms with E-state index in [1.54, 1.807) is 0 Å². The molecule has 5 amide bonds. The van der Waals surface area contributed by atoms with E-state index >= 15 is 0 Å². The minimum absolute atomic E-state index is 0.0463. The summed E-state index contributed by atoms with van der Waals surface area (Å²) in [4.78, 5) is 60.9. The van der Waals surface area contributed by atoms with E-state index in [0.717, 1.165) is 16.2 Å². The van der Waals surface area contributed by atoms with Crippen LogP contribution in [0.1, 0.15) is 47.4 Å². The maximum atomic E-state index is 12.7. The summed E-state index contributed by atoms with van der Waals surface area (Å²) in [5.74, 6) is -2.70. The molecule has 1 aromatic heterocycles. The van der Waals surface area contributed by atoms with Gasteiger partial charge in [-0.2, -0.15) is 0 Å². The van der Waals surface area contributed by atoms with Crippen molar-refractivity contribution in [3.63, 3.8) is 0 Å². The summed E-state index contributed by atoms with van der Waals surface area (Å²) in [6.07, 6.45) is 0.114. The quantitative estimate of drug-likeness (QED) is 0.764. The van der Waals surface area contributed by atoms with Crippen molar-refractivity contribution in [3.05, 3.63) is 16.5 Å². The van der Waals surface area contributed by atoms with Gasteiger partial charge in [0.15, 0.2) is 0 Å². The molecule has 0 saturated carbocycles. The van der Waals surface area contributed by atoms with Crippen molar-refractivity contribution in [3.8, 4) is 0 Å². The fourth-order valence-corrected chi connectivity index (χ4v) is 3.73. The van der Waals surface area contributed by atoms with Gasteiger partial charge in [-0.1, -0.05) is 0 Å². The Balaban J connectivity index is 2.01. The van der Waals surface area contributed by atoms with Crippen molar-refractivity contribution in [1.82, 2.24) is 10.2 Å². The number of carbonyl (C=O) groups is 5. The summed E-state index contributed by atoms with van der Waals surface area (Å²) < 4.78 is 0. The lowest BCUT2D eigenvalue weighted by Crippen LogP contribution is -2.62. The van der Waals surface area contributed by atoms with E-state index in [-0.39, 0.29) is 34.9 Å². The second kappa shape index (κ2) is 4.98. The summed E-state index contributed by atoms with van der Waals surface area (Å²) in [6.45, 7) is 2.75. The molecule has 0 aliphatic carbocycles. The smallest absolute Gasteiger partial charge is 0.265 e. The molecule has 1 fully saturated rings. The molecule has 0 bridgehead atoms. The molecule has 0 aromatic carbocycles. The van der Waals surface area contributed by atoms with Crippen LogP contribution in [0.15, 0.2) is 5.38 Å². The van der Waals surface area contributed by atoms with Crippen molar-refractivity contribution in [1.29, 1.82) is 0 Å². The van der Waals surface area contributed by atoms with Gasteiger partial charge in [0.2, 0.25) is 11.8 Å². The molecule has 3 rings (SSSR count). The summed E-state index contributed by atoms with van der Waals surface area (Å²) in [6, 6.07) is 0. The van der Waals surface area contributed by atoms with Crippen LogP contribution in [0.2, 0.25) is 0 Å². The second-order valence-electron chi connectivity index (χ2n) is 5.63. The van der Waals surface area contributed by atoms with Gasteiger partial charge in [-0.05, 0) is 13.3 Å². The molecular formula is C14H13N3O5S. The van der Waals surface area contributed by atoms with Crippen LogP contribution in [0.3, 0.4) is 0 Å². The fraction of sp³-hybridized carbons (Fsp3) is 0.357. The normalized spacial score (nSPS) is 23.8. The number of nitrogens with one attached hydrogen (secondary N) is 2. The third kappa shape index (κ3) is 2.15. The summed E-state index contributed by atoms with van der Waals surface area (Å²) in [5, 5.41) is 6.44. The Hall–Kier alpha value is -2.55. The molecule has 8 nitrogen and oxygen atoms in total. The van der Waals surface area contributed by atoms with Crippen LogP contribution in [-0.2, 0) is 14.4 Å². The molecule has 9 heteroatoms. The lowest BCUT2D eigenvalue weighted by molar-refractivity contribution is -0.141. The molecule has 0 spiro atoms. The van der Waals surface area contributed by atoms with Gasteiger partial charge in [0, 0.05) is 18.7 Å². The van der Waals surface area contributed by atoms with Gasteiger partial charge in [0.05, 0.1) is 11.1 Å². The average Bonchev–Trinajstić information content (AvgIpc) is 2.96. The van der Waals surface area contributed by atoms with E-state index in [1.165, 1.54) is 19.2 Å². The highest BCUT2D eigenvalue weighted by Gasteiger charge is 2.53. The van der Waals surface area contributed by atoms with Crippen molar-refractivity contribution in [2.75, 3.05) is 5.32 Å². The highest BCUT2D eigenvalue weighted by atomic mass is 32.1. The molecule has 120 valence electrons. The van der Waals surface area contributed by atoms with Gasteiger partial charge in [-0.3, -0.25) is 34.2 Å². The lowest BCUT2D eigenvalue weighted by atomic mass is 9.89. The first kappa shape index (κ1) is 15.3.